The number of anilines is 1. The fourth-order valence-electron chi connectivity index (χ4n) is 0.970. The standard InChI is InChI=1S/C10H13Br2NO/c1-7(14-2)6-13-10-4-3-8(11)5-9(10)12/h3-5,7,13H,6H2,1-2H3. The molecule has 0 aliphatic heterocycles. The first-order chi connectivity index (χ1) is 6.63. The van der Waals surface area contributed by atoms with E-state index in [2.05, 4.69) is 37.2 Å². The lowest BCUT2D eigenvalue weighted by Gasteiger charge is -2.13. The van der Waals surface area contributed by atoms with Crippen LogP contribution in [0.2, 0.25) is 0 Å². The second-order valence-electron chi connectivity index (χ2n) is 3.05. The lowest BCUT2D eigenvalue weighted by atomic mass is 10.3. The van der Waals surface area contributed by atoms with Gasteiger partial charge in [-0.2, -0.15) is 0 Å². The van der Waals surface area contributed by atoms with Crippen molar-refractivity contribution in [1.29, 1.82) is 0 Å². The van der Waals surface area contributed by atoms with Gasteiger partial charge >= 0.3 is 0 Å². The fraction of sp³-hybridized carbons (Fsp3) is 0.400. The van der Waals surface area contributed by atoms with Crippen LogP contribution in [0.4, 0.5) is 5.69 Å². The molecule has 0 fully saturated rings. The second kappa shape index (κ2) is 5.73. The van der Waals surface area contributed by atoms with Crippen LogP contribution in [-0.4, -0.2) is 19.8 Å². The van der Waals surface area contributed by atoms with Crippen molar-refractivity contribution in [3.05, 3.63) is 27.1 Å². The Balaban J connectivity index is 2.59. The molecule has 1 aromatic carbocycles. The molecule has 1 N–H and O–H groups in total. The molecule has 4 heteroatoms. The van der Waals surface area contributed by atoms with Crippen LogP contribution in [0, 0.1) is 0 Å². The van der Waals surface area contributed by atoms with Crippen LogP contribution in [0.25, 0.3) is 0 Å². The highest BCUT2D eigenvalue weighted by Crippen LogP contribution is 2.25. The Morgan fingerprint density at radius 1 is 1.43 bits per heavy atom. The summed E-state index contributed by atoms with van der Waals surface area (Å²) in [6.07, 6.45) is 0.213. The van der Waals surface area contributed by atoms with Crippen LogP contribution in [0.15, 0.2) is 27.1 Å². The van der Waals surface area contributed by atoms with Crippen molar-refractivity contribution in [2.24, 2.45) is 0 Å². The summed E-state index contributed by atoms with van der Waals surface area (Å²) in [7, 11) is 1.71. The molecule has 1 aromatic rings. The van der Waals surface area contributed by atoms with Crippen molar-refractivity contribution in [1.82, 2.24) is 0 Å². The van der Waals surface area contributed by atoms with Crippen LogP contribution in [-0.2, 0) is 4.74 Å². The highest BCUT2D eigenvalue weighted by atomic mass is 79.9. The molecule has 1 unspecified atom stereocenters. The summed E-state index contributed by atoms with van der Waals surface area (Å²) < 4.78 is 7.26. The molecule has 0 aromatic heterocycles. The van der Waals surface area contributed by atoms with E-state index in [1.807, 2.05) is 25.1 Å². The second-order valence-corrected chi connectivity index (χ2v) is 4.82. The van der Waals surface area contributed by atoms with Crippen molar-refractivity contribution in [3.63, 3.8) is 0 Å². The van der Waals surface area contributed by atoms with E-state index >= 15 is 0 Å². The third-order valence-electron chi connectivity index (χ3n) is 1.91. The first-order valence-corrected chi connectivity index (χ1v) is 5.94. The van der Waals surface area contributed by atoms with Gasteiger partial charge in [0.2, 0.25) is 0 Å². The minimum Gasteiger partial charge on any atom is -0.382 e. The smallest absolute Gasteiger partial charge is 0.0715 e. The summed E-state index contributed by atoms with van der Waals surface area (Å²) in [6.45, 7) is 2.83. The number of ether oxygens (including phenoxy) is 1. The maximum atomic E-state index is 5.15. The van der Waals surface area contributed by atoms with Crippen LogP contribution < -0.4 is 5.32 Å². The third kappa shape index (κ3) is 3.59. The molecule has 14 heavy (non-hydrogen) atoms. The quantitative estimate of drug-likeness (QED) is 0.913. The Morgan fingerprint density at radius 2 is 2.14 bits per heavy atom. The van der Waals surface area contributed by atoms with Gasteiger partial charge in [0.1, 0.15) is 0 Å². The lowest BCUT2D eigenvalue weighted by molar-refractivity contribution is 0.129. The van der Waals surface area contributed by atoms with Crippen LogP contribution >= 0.6 is 31.9 Å². The van der Waals surface area contributed by atoms with Gasteiger partial charge in [-0.3, -0.25) is 0 Å². The Morgan fingerprint density at radius 3 is 2.71 bits per heavy atom. The Kier molecular flexibility index (Phi) is 4.92. The monoisotopic (exact) mass is 321 g/mol. The van der Waals surface area contributed by atoms with Gasteiger partial charge in [0.25, 0.3) is 0 Å². The van der Waals surface area contributed by atoms with E-state index in [1.165, 1.54) is 0 Å². The Labute approximate surface area is 101 Å². The van der Waals surface area contributed by atoms with E-state index in [0.29, 0.717) is 0 Å². The zero-order chi connectivity index (χ0) is 10.6. The zero-order valence-corrected chi connectivity index (χ0v) is 11.4. The highest BCUT2D eigenvalue weighted by Gasteiger charge is 2.02. The summed E-state index contributed by atoms with van der Waals surface area (Å²) in [5.41, 5.74) is 1.08. The third-order valence-corrected chi connectivity index (χ3v) is 3.06. The summed E-state index contributed by atoms with van der Waals surface area (Å²) in [5, 5.41) is 3.30. The van der Waals surface area contributed by atoms with Crippen molar-refractivity contribution < 1.29 is 4.74 Å². The molecule has 0 aliphatic rings. The SMILES string of the molecule is COC(C)CNc1ccc(Br)cc1Br. The minimum absolute atomic E-state index is 0.213. The maximum Gasteiger partial charge on any atom is 0.0715 e. The number of benzene rings is 1. The van der Waals surface area contributed by atoms with Crippen molar-refractivity contribution in [2.75, 3.05) is 19.0 Å². The van der Waals surface area contributed by atoms with Crippen molar-refractivity contribution in [3.8, 4) is 0 Å². The molecule has 0 radical (unpaired) electrons. The molecule has 1 rings (SSSR count). The van der Waals surface area contributed by atoms with Crippen LogP contribution in [0.1, 0.15) is 6.92 Å². The molecular formula is C10H13Br2NO. The molecular weight excluding hydrogens is 310 g/mol. The molecule has 0 saturated carbocycles. The first-order valence-electron chi connectivity index (χ1n) is 4.35. The topological polar surface area (TPSA) is 21.3 Å². The number of halogens is 2. The van der Waals surface area contributed by atoms with Gasteiger partial charge in [-0.25, -0.2) is 0 Å². The average molecular weight is 323 g/mol. The minimum atomic E-state index is 0.213. The summed E-state index contributed by atoms with van der Waals surface area (Å²) in [6, 6.07) is 6.04. The molecule has 2 nitrogen and oxygen atoms in total. The van der Waals surface area contributed by atoms with E-state index in [-0.39, 0.29) is 6.10 Å². The average Bonchev–Trinajstić information content (AvgIpc) is 2.16. The molecule has 0 aliphatic carbocycles. The number of hydrogen-bond acceptors (Lipinski definition) is 2. The maximum absolute atomic E-state index is 5.15. The first kappa shape index (κ1) is 12.0. The van der Waals surface area contributed by atoms with Gasteiger partial charge in [0.15, 0.2) is 0 Å². The number of hydrogen-bond donors (Lipinski definition) is 1. The lowest BCUT2D eigenvalue weighted by Crippen LogP contribution is -2.18. The molecule has 1 atom stereocenters. The molecule has 0 saturated heterocycles. The Hall–Kier alpha value is -0.0600. The zero-order valence-electron chi connectivity index (χ0n) is 8.18. The normalized spacial score (nSPS) is 12.6. The summed E-state index contributed by atoms with van der Waals surface area (Å²) in [5.74, 6) is 0. The number of rotatable bonds is 4. The fourth-order valence-corrected chi connectivity index (χ4v) is 2.16. The van der Waals surface area contributed by atoms with E-state index in [4.69, 9.17) is 4.74 Å². The van der Waals surface area contributed by atoms with E-state index in [9.17, 15) is 0 Å². The summed E-state index contributed by atoms with van der Waals surface area (Å²) in [4.78, 5) is 0. The Bertz CT molecular complexity index is 304. The van der Waals surface area contributed by atoms with E-state index < -0.39 is 0 Å². The van der Waals surface area contributed by atoms with Crippen LogP contribution in [0.3, 0.4) is 0 Å². The predicted molar refractivity (Wildman–Crippen MR) is 66.8 cm³/mol. The molecule has 0 bridgehead atoms. The van der Waals surface area contributed by atoms with Gasteiger partial charge < -0.3 is 10.1 Å². The molecule has 0 amide bonds. The van der Waals surface area contributed by atoms with Gasteiger partial charge in [-0.1, -0.05) is 15.9 Å². The van der Waals surface area contributed by atoms with Gasteiger partial charge in [-0.15, -0.1) is 0 Å². The van der Waals surface area contributed by atoms with Gasteiger partial charge in [-0.05, 0) is 41.1 Å². The number of nitrogens with one attached hydrogen (secondary N) is 1. The number of methoxy groups -OCH3 is 1. The van der Waals surface area contributed by atoms with E-state index in [0.717, 1.165) is 21.2 Å². The van der Waals surface area contributed by atoms with Gasteiger partial charge in [0, 0.05) is 28.3 Å². The molecule has 0 heterocycles. The van der Waals surface area contributed by atoms with Gasteiger partial charge in [0.05, 0.1) is 6.10 Å². The van der Waals surface area contributed by atoms with Crippen LogP contribution in [0.5, 0.6) is 0 Å². The largest absolute Gasteiger partial charge is 0.382 e. The highest BCUT2D eigenvalue weighted by molar-refractivity contribution is 9.11. The molecule has 0 spiro atoms. The predicted octanol–water partition coefficient (Wildman–Crippen LogP) is 3.66. The van der Waals surface area contributed by atoms with Crippen molar-refractivity contribution >= 4 is 37.5 Å². The van der Waals surface area contributed by atoms with E-state index in [1.54, 1.807) is 7.11 Å². The van der Waals surface area contributed by atoms with Crippen molar-refractivity contribution in [2.45, 2.75) is 13.0 Å². The summed E-state index contributed by atoms with van der Waals surface area (Å²) >= 11 is 6.89. The molecule has 78 valence electrons.